The molecule has 9 heavy (non-hydrogen) atoms. The van der Waals surface area contributed by atoms with Gasteiger partial charge in [-0.15, -0.1) is 0 Å². The minimum absolute atomic E-state index is 0.00324. The van der Waals surface area contributed by atoms with E-state index in [2.05, 4.69) is 0 Å². The first-order valence-electron chi connectivity index (χ1n) is 2.73. The Bertz CT molecular complexity index is 131. The monoisotopic (exact) mass is 148 g/mol. The number of Topliss-reactive ketones (excluding diaryl/α,β-unsaturated/α-hetero) is 1. The highest BCUT2D eigenvalue weighted by molar-refractivity contribution is 6.64. The topological polar surface area (TPSA) is 34.1 Å². The molecule has 0 aliphatic carbocycles. The van der Waals surface area contributed by atoms with Crippen LogP contribution in [-0.4, -0.2) is 11.0 Å². The summed E-state index contributed by atoms with van der Waals surface area (Å²) >= 11 is 5.08. The number of carbonyl (C=O) groups excluding carboxylic acids is 2. The number of hydrogen-bond acceptors (Lipinski definition) is 2. The highest BCUT2D eigenvalue weighted by Gasteiger charge is 2.10. The van der Waals surface area contributed by atoms with Crippen molar-refractivity contribution in [3.8, 4) is 0 Å². The molecule has 2 nitrogen and oxygen atoms in total. The van der Waals surface area contributed by atoms with Crippen molar-refractivity contribution in [2.75, 3.05) is 0 Å². The standard InChI is InChI=1S/C6H9ClO2/c1-4(6(7)9)3-5(2)8/h4H,3H2,1-2H3. The predicted molar refractivity (Wildman–Crippen MR) is 35.3 cm³/mol. The van der Waals surface area contributed by atoms with Crippen molar-refractivity contribution in [2.24, 2.45) is 5.92 Å². The van der Waals surface area contributed by atoms with Crippen LogP contribution in [0.25, 0.3) is 0 Å². The van der Waals surface area contributed by atoms with E-state index in [1.54, 1.807) is 6.92 Å². The Morgan fingerprint density at radius 2 is 2.00 bits per heavy atom. The van der Waals surface area contributed by atoms with Gasteiger partial charge in [-0.2, -0.15) is 0 Å². The Balaban J connectivity index is 3.63. The van der Waals surface area contributed by atoms with Gasteiger partial charge in [0.1, 0.15) is 5.78 Å². The van der Waals surface area contributed by atoms with E-state index in [0.29, 0.717) is 0 Å². The van der Waals surface area contributed by atoms with E-state index in [1.807, 2.05) is 0 Å². The summed E-state index contributed by atoms with van der Waals surface area (Å²) in [5, 5.41) is -0.440. The van der Waals surface area contributed by atoms with Crippen LogP contribution >= 0.6 is 11.6 Å². The summed E-state index contributed by atoms with van der Waals surface area (Å²) in [5.74, 6) is -0.333. The molecule has 0 aliphatic heterocycles. The maximum Gasteiger partial charge on any atom is 0.224 e. The minimum Gasteiger partial charge on any atom is -0.300 e. The lowest BCUT2D eigenvalue weighted by Crippen LogP contribution is -2.07. The molecule has 0 heterocycles. The number of carbonyl (C=O) groups is 2. The Kier molecular flexibility index (Phi) is 3.47. The number of ketones is 1. The molecule has 0 radical (unpaired) electrons. The largest absolute Gasteiger partial charge is 0.300 e. The Labute approximate surface area is 59.2 Å². The van der Waals surface area contributed by atoms with Crippen molar-refractivity contribution in [1.82, 2.24) is 0 Å². The van der Waals surface area contributed by atoms with Crippen molar-refractivity contribution >= 4 is 22.6 Å². The Morgan fingerprint density at radius 1 is 1.56 bits per heavy atom. The lowest BCUT2D eigenvalue weighted by Gasteiger charge is -1.99. The molecule has 0 bridgehead atoms. The molecule has 1 unspecified atom stereocenters. The highest BCUT2D eigenvalue weighted by Crippen LogP contribution is 2.05. The van der Waals surface area contributed by atoms with E-state index in [0.717, 1.165) is 0 Å². The molecule has 3 heteroatoms. The molecule has 0 rings (SSSR count). The first-order chi connectivity index (χ1) is 4.04. The number of rotatable bonds is 3. The summed E-state index contributed by atoms with van der Waals surface area (Å²) in [6, 6.07) is 0. The van der Waals surface area contributed by atoms with Gasteiger partial charge in [0.15, 0.2) is 0 Å². The van der Waals surface area contributed by atoms with Gasteiger partial charge >= 0.3 is 0 Å². The molecule has 0 saturated carbocycles. The summed E-state index contributed by atoms with van der Waals surface area (Å²) in [7, 11) is 0. The molecule has 0 saturated heterocycles. The zero-order valence-corrected chi connectivity index (χ0v) is 6.23. The highest BCUT2D eigenvalue weighted by atomic mass is 35.5. The second-order valence-corrected chi connectivity index (χ2v) is 2.48. The maximum absolute atomic E-state index is 10.3. The molecular formula is C6H9ClO2. The van der Waals surface area contributed by atoms with E-state index >= 15 is 0 Å². The molecule has 0 amide bonds. The van der Waals surface area contributed by atoms with Crippen LogP contribution in [0.3, 0.4) is 0 Å². The second kappa shape index (κ2) is 3.62. The molecule has 0 spiro atoms. The Morgan fingerprint density at radius 3 is 2.11 bits per heavy atom. The first kappa shape index (κ1) is 8.63. The van der Waals surface area contributed by atoms with Crippen LogP contribution in [0.2, 0.25) is 0 Å². The van der Waals surface area contributed by atoms with E-state index in [1.165, 1.54) is 6.92 Å². The van der Waals surface area contributed by atoms with Gasteiger partial charge in [0.25, 0.3) is 0 Å². The smallest absolute Gasteiger partial charge is 0.224 e. The molecule has 0 aromatic heterocycles. The number of halogens is 1. The predicted octanol–water partition coefficient (Wildman–Crippen LogP) is 1.37. The van der Waals surface area contributed by atoms with E-state index in [-0.39, 0.29) is 18.1 Å². The van der Waals surface area contributed by atoms with Gasteiger partial charge in [-0.05, 0) is 18.5 Å². The summed E-state index contributed by atoms with van der Waals surface area (Å²) in [6.07, 6.45) is 0.252. The maximum atomic E-state index is 10.3. The van der Waals surface area contributed by atoms with Crippen molar-refractivity contribution in [2.45, 2.75) is 20.3 Å². The van der Waals surface area contributed by atoms with Crippen molar-refractivity contribution in [3.05, 3.63) is 0 Å². The van der Waals surface area contributed by atoms with Crippen molar-refractivity contribution < 1.29 is 9.59 Å². The summed E-state index contributed by atoms with van der Waals surface area (Å²) in [5.41, 5.74) is 0. The van der Waals surface area contributed by atoms with Gasteiger partial charge in [0.05, 0.1) is 0 Å². The Hall–Kier alpha value is -0.370. The molecule has 52 valence electrons. The van der Waals surface area contributed by atoms with Gasteiger partial charge in [-0.1, -0.05) is 6.92 Å². The van der Waals surface area contributed by atoms with E-state index < -0.39 is 5.24 Å². The fourth-order valence-electron chi connectivity index (χ4n) is 0.511. The van der Waals surface area contributed by atoms with E-state index in [9.17, 15) is 9.59 Å². The molecule has 0 aromatic carbocycles. The summed E-state index contributed by atoms with van der Waals surface area (Å²) < 4.78 is 0. The van der Waals surface area contributed by atoms with Gasteiger partial charge in [0, 0.05) is 12.3 Å². The molecule has 0 N–H and O–H groups in total. The van der Waals surface area contributed by atoms with Crippen molar-refractivity contribution in [1.29, 1.82) is 0 Å². The average molecular weight is 149 g/mol. The van der Waals surface area contributed by atoms with Crippen LogP contribution in [0.15, 0.2) is 0 Å². The van der Waals surface area contributed by atoms with Crippen LogP contribution in [0.1, 0.15) is 20.3 Å². The second-order valence-electron chi connectivity index (χ2n) is 2.11. The van der Waals surface area contributed by atoms with E-state index in [4.69, 9.17) is 11.6 Å². The van der Waals surface area contributed by atoms with Gasteiger partial charge in [-0.3, -0.25) is 4.79 Å². The van der Waals surface area contributed by atoms with Crippen molar-refractivity contribution in [3.63, 3.8) is 0 Å². The van der Waals surface area contributed by atoms with Crippen LogP contribution in [0.4, 0.5) is 0 Å². The molecule has 1 atom stereocenters. The fraction of sp³-hybridized carbons (Fsp3) is 0.667. The normalized spacial score (nSPS) is 12.8. The average Bonchev–Trinajstić information content (AvgIpc) is 1.63. The van der Waals surface area contributed by atoms with Crippen LogP contribution in [0, 0.1) is 5.92 Å². The summed E-state index contributed by atoms with van der Waals surface area (Å²) in [6.45, 7) is 3.08. The zero-order valence-electron chi connectivity index (χ0n) is 5.48. The molecule has 0 aromatic rings. The lowest BCUT2D eigenvalue weighted by atomic mass is 10.1. The quantitative estimate of drug-likeness (QED) is 0.567. The third-order valence-corrected chi connectivity index (χ3v) is 1.35. The third kappa shape index (κ3) is 4.15. The molecular weight excluding hydrogens is 140 g/mol. The first-order valence-corrected chi connectivity index (χ1v) is 3.10. The van der Waals surface area contributed by atoms with Crippen LogP contribution in [-0.2, 0) is 9.59 Å². The van der Waals surface area contributed by atoms with Gasteiger partial charge in [-0.25, -0.2) is 0 Å². The lowest BCUT2D eigenvalue weighted by molar-refractivity contribution is -0.122. The number of hydrogen-bond donors (Lipinski definition) is 0. The SMILES string of the molecule is CC(=O)CC(C)C(=O)Cl. The molecule has 0 fully saturated rings. The minimum atomic E-state index is -0.440. The van der Waals surface area contributed by atoms with Gasteiger partial charge in [0.2, 0.25) is 5.24 Å². The van der Waals surface area contributed by atoms with Crippen LogP contribution in [0.5, 0.6) is 0 Å². The van der Waals surface area contributed by atoms with Gasteiger partial charge < -0.3 is 4.79 Å². The molecule has 0 aliphatic rings. The summed E-state index contributed by atoms with van der Waals surface area (Å²) in [4.78, 5) is 20.6. The van der Waals surface area contributed by atoms with Crippen LogP contribution < -0.4 is 0 Å². The fourth-order valence-corrected chi connectivity index (χ4v) is 0.589. The zero-order chi connectivity index (χ0) is 7.44. The third-order valence-electron chi connectivity index (χ3n) is 0.981.